The van der Waals surface area contributed by atoms with Crippen LogP contribution in [0.1, 0.15) is 93.9 Å². The van der Waals surface area contributed by atoms with Gasteiger partial charge in [0, 0.05) is 25.2 Å². The molecule has 0 amide bonds. The standard InChI is InChI=1S/C18H28O4.C10H16O/c1-11(2)6-8-15-17(21)14(13(5)19)10-18(15,22)16(20)9-7-12(3)4;1-6(2)10-4-8(10)7(3)9(11)5-10/h6,12,14-15,22H,7-10H2,1-5H3;6-8H,4-5H2,1-3H3/t;7-,8-,10+/m.1/s1. The second-order valence-electron chi connectivity index (χ2n) is 11.7. The van der Waals surface area contributed by atoms with Crippen molar-refractivity contribution in [1.82, 2.24) is 0 Å². The molecule has 1 N–H and O–H groups in total. The predicted octanol–water partition coefficient (Wildman–Crippen LogP) is 5.13. The summed E-state index contributed by atoms with van der Waals surface area (Å²) in [5.41, 5.74) is -0.207. The summed E-state index contributed by atoms with van der Waals surface area (Å²) in [5, 5.41) is 10.9. The summed E-state index contributed by atoms with van der Waals surface area (Å²) in [4.78, 5) is 47.9. The van der Waals surface area contributed by atoms with Crippen LogP contribution in [-0.2, 0) is 19.2 Å². The highest BCUT2D eigenvalue weighted by molar-refractivity contribution is 6.09. The van der Waals surface area contributed by atoms with Gasteiger partial charge in [0.15, 0.2) is 5.78 Å². The number of hydrogen-bond acceptors (Lipinski definition) is 5. The monoisotopic (exact) mass is 460 g/mol. The molecule has 0 heterocycles. The van der Waals surface area contributed by atoms with E-state index < -0.39 is 17.4 Å². The molecule has 3 rings (SSSR count). The zero-order chi connectivity index (χ0) is 25.3. The molecule has 0 aromatic rings. The third-order valence-electron chi connectivity index (χ3n) is 8.41. The lowest BCUT2D eigenvalue weighted by Crippen LogP contribution is -2.43. The van der Waals surface area contributed by atoms with Crippen LogP contribution in [0.5, 0.6) is 0 Å². The minimum atomic E-state index is -1.69. The summed E-state index contributed by atoms with van der Waals surface area (Å²) < 4.78 is 0. The number of Topliss-reactive ketones (excluding diaryl/α,β-unsaturated/α-hetero) is 4. The van der Waals surface area contributed by atoms with Crippen molar-refractivity contribution in [3.8, 4) is 0 Å². The molecule has 0 radical (unpaired) electrons. The molecular weight excluding hydrogens is 416 g/mol. The number of ketones is 4. The van der Waals surface area contributed by atoms with E-state index in [1.165, 1.54) is 13.3 Å². The SMILES string of the molecule is CC(=O)C1CC(O)(C(=O)CCC(C)C)C(CC=C(C)C)C1=O.CC(C)[C@]12CC(=O)[C@H](C)[C@H]1C2. The molecule has 3 aliphatic carbocycles. The molecule has 5 heteroatoms. The first-order chi connectivity index (χ1) is 15.2. The summed E-state index contributed by atoms with van der Waals surface area (Å²) >= 11 is 0. The highest BCUT2D eigenvalue weighted by Gasteiger charge is 2.64. The Balaban J connectivity index is 0.000000288. The van der Waals surface area contributed by atoms with Crippen LogP contribution in [0, 0.1) is 40.9 Å². The average molecular weight is 461 g/mol. The van der Waals surface area contributed by atoms with E-state index in [1.807, 2.05) is 33.8 Å². The Hall–Kier alpha value is -1.62. The summed E-state index contributed by atoms with van der Waals surface area (Å²) in [5.74, 6) is 0.198. The van der Waals surface area contributed by atoms with Crippen molar-refractivity contribution in [2.75, 3.05) is 0 Å². The fourth-order valence-electron chi connectivity index (χ4n) is 5.79. The van der Waals surface area contributed by atoms with Crippen LogP contribution in [0.15, 0.2) is 11.6 Å². The molecule has 5 nitrogen and oxygen atoms in total. The van der Waals surface area contributed by atoms with Gasteiger partial charge in [0.1, 0.15) is 23.0 Å². The van der Waals surface area contributed by atoms with Crippen molar-refractivity contribution in [2.45, 2.75) is 99.5 Å². The van der Waals surface area contributed by atoms with Gasteiger partial charge >= 0.3 is 0 Å². The van der Waals surface area contributed by atoms with Crippen LogP contribution in [-0.4, -0.2) is 33.8 Å². The molecule has 3 saturated carbocycles. The number of allylic oxidation sites excluding steroid dienone is 2. The lowest BCUT2D eigenvalue weighted by Gasteiger charge is -2.27. The van der Waals surface area contributed by atoms with Gasteiger partial charge in [-0.2, -0.15) is 0 Å². The molecule has 33 heavy (non-hydrogen) atoms. The number of hydrogen-bond donors (Lipinski definition) is 1. The van der Waals surface area contributed by atoms with E-state index in [9.17, 15) is 24.3 Å². The maximum atomic E-state index is 12.5. The van der Waals surface area contributed by atoms with Gasteiger partial charge < -0.3 is 5.11 Å². The zero-order valence-electron chi connectivity index (χ0n) is 21.9. The third kappa shape index (κ3) is 5.72. The topological polar surface area (TPSA) is 88.5 Å². The number of rotatable bonds is 8. The lowest BCUT2D eigenvalue weighted by molar-refractivity contribution is -0.144. The van der Waals surface area contributed by atoms with Gasteiger partial charge in [-0.3, -0.25) is 19.2 Å². The van der Waals surface area contributed by atoms with Gasteiger partial charge in [-0.15, -0.1) is 0 Å². The molecule has 186 valence electrons. The molecule has 0 aliphatic heterocycles. The quantitative estimate of drug-likeness (QED) is 0.401. The molecular formula is C28H44O5. The van der Waals surface area contributed by atoms with Crippen molar-refractivity contribution in [1.29, 1.82) is 0 Å². The molecule has 0 saturated heterocycles. The minimum absolute atomic E-state index is 0.0562. The third-order valence-corrected chi connectivity index (χ3v) is 8.41. The minimum Gasteiger partial charge on any atom is -0.381 e. The van der Waals surface area contributed by atoms with E-state index in [0.717, 1.165) is 17.9 Å². The van der Waals surface area contributed by atoms with E-state index in [2.05, 4.69) is 20.8 Å². The van der Waals surface area contributed by atoms with Gasteiger partial charge in [0.25, 0.3) is 0 Å². The molecule has 0 aromatic heterocycles. The second kappa shape index (κ2) is 10.3. The molecule has 3 aliphatic rings. The largest absolute Gasteiger partial charge is 0.381 e. The number of fused-ring (bicyclic) bond motifs is 1. The summed E-state index contributed by atoms with van der Waals surface area (Å²) in [6.45, 7) is 15.8. The summed E-state index contributed by atoms with van der Waals surface area (Å²) in [6, 6.07) is 0. The molecule has 6 atom stereocenters. The van der Waals surface area contributed by atoms with Crippen molar-refractivity contribution in [2.24, 2.45) is 40.9 Å². The first-order valence-electron chi connectivity index (χ1n) is 12.6. The van der Waals surface area contributed by atoms with Gasteiger partial charge in [0.2, 0.25) is 0 Å². The molecule has 0 bridgehead atoms. The predicted molar refractivity (Wildman–Crippen MR) is 130 cm³/mol. The van der Waals surface area contributed by atoms with Crippen molar-refractivity contribution >= 4 is 23.1 Å². The Bertz CT molecular complexity index is 818. The Labute approximate surface area is 199 Å². The fourth-order valence-corrected chi connectivity index (χ4v) is 5.79. The van der Waals surface area contributed by atoms with Crippen LogP contribution in [0.2, 0.25) is 0 Å². The van der Waals surface area contributed by atoms with Crippen LogP contribution < -0.4 is 0 Å². The maximum absolute atomic E-state index is 12.5. The Morgan fingerprint density at radius 2 is 1.70 bits per heavy atom. The summed E-state index contributed by atoms with van der Waals surface area (Å²) in [7, 11) is 0. The van der Waals surface area contributed by atoms with E-state index in [0.29, 0.717) is 41.8 Å². The zero-order valence-corrected chi connectivity index (χ0v) is 21.9. The van der Waals surface area contributed by atoms with Gasteiger partial charge in [-0.1, -0.05) is 46.3 Å². The smallest absolute Gasteiger partial charge is 0.165 e. The van der Waals surface area contributed by atoms with Gasteiger partial charge in [-0.25, -0.2) is 0 Å². The van der Waals surface area contributed by atoms with Crippen LogP contribution >= 0.6 is 0 Å². The lowest BCUT2D eigenvalue weighted by atomic mass is 9.81. The molecule has 3 unspecified atom stereocenters. The number of aliphatic hydroxyl groups is 1. The summed E-state index contributed by atoms with van der Waals surface area (Å²) in [6.07, 6.45) is 5.22. The Morgan fingerprint density at radius 3 is 2.09 bits per heavy atom. The number of carbonyl (C=O) groups excluding carboxylic acids is 4. The maximum Gasteiger partial charge on any atom is 0.165 e. The van der Waals surface area contributed by atoms with E-state index in [-0.39, 0.29) is 30.2 Å². The van der Waals surface area contributed by atoms with Crippen LogP contribution in [0.3, 0.4) is 0 Å². The van der Waals surface area contributed by atoms with Crippen molar-refractivity contribution in [3.63, 3.8) is 0 Å². The highest BCUT2D eigenvalue weighted by Crippen LogP contribution is 2.68. The van der Waals surface area contributed by atoms with Crippen LogP contribution in [0.25, 0.3) is 0 Å². The molecule has 3 fully saturated rings. The molecule has 0 spiro atoms. The first kappa shape index (κ1) is 27.6. The normalized spacial score (nSPS) is 34.8. The first-order valence-corrected chi connectivity index (χ1v) is 12.6. The van der Waals surface area contributed by atoms with Crippen LogP contribution in [0.4, 0.5) is 0 Å². The average Bonchev–Trinajstić information content (AvgIpc) is 3.30. The van der Waals surface area contributed by atoms with E-state index >= 15 is 0 Å². The van der Waals surface area contributed by atoms with Gasteiger partial charge in [0.05, 0.1) is 11.8 Å². The molecule has 0 aromatic carbocycles. The highest BCUT2D eigenvalue weighted by atomic mass is 16.3. The Morgan fingerprint density at radius 1 is 1.09 bits per heavy atom. The van der Waals surface area contributed by atoms with E-state index in [4.69, 9.17) is 0 Å². The van der Waals surface area contributed by atoms with Crippen molar-refractivity contribution in [3.05, 3.63) is 11.6 Å². The number of carbonyl (C=O) groups is 4. The van der Waals surface area contributed by atoms with Gasteiger partial charge in [-0.05, 0) is 63.2 Å². The fraction of sp³-hybridized carbons (Fsp3) is 0.786. The second-order valence-corrected chi connectivity index (χ2v) is 11.7. The Kier molecular flexibility index (Phi) is 8.65. The van der Waals surface area contributed by atoms with E-state index in [1.54, 1.807) is 0 Å². The van der Waals surface area contributed by atoms with Crippen molar-refractivity contribution < 1.29 is 24.3 Å².